The number of rotatable bonds is 7. The third kappa shape index (κ3) is 5.21. The van der Waals surface area contributed by atoms with Gasteiger partial charge in [0.1, 0.15) is 5.57 Å². The number of carbonyl (C=O) groups is 3. The van der Waals surface area contributed by atoms with Gasteiger partial charge in [0.05, 0.1) is 18.4 Å². The molecule has 4 amide bonds. The molecule has 7 nitrogen and oxygen atoms in total. The van der Waals surface area contributed by atoms with Crippen molar-refractivity contribution in [2.75, 3.05) is 11.5 Å². The highest BCUT2D eigenvalue weighted by Crippen LogP contribution is 2.36. The zero-order chi connectivity index (χ0) is 23.4. The van der Waals surface area contributed by atoms with E-state index < -0.39 is 17.8 Å². The topological polar surface area (TPSA) is 84.9 Å². The van der Waals surface area contributed by atoms with Gasteiger partial charge in [-0.05, 0) is 68.3 Å². The molecular formula is C23H22Br2N2O5. The zero-order valence-corrected chi connectivity index (χ0v) is 20.9. The summed E-state index contributed by atoms with van der Waals surface area (Å²) in [5.74, 6) is -0.433. The van der Waals surface area contributed by atoms with Crippen LogP contribution in [0.4, 0.5) is 10.5 Å². The number of hydrogen-bond acceptors (Lipinski definition) is 5. The second-order valence-electron chi connectivity index (χ2n) is 7.02. The maximum Gasteiger partial charge on any atom is 0.335 e. The molecule has 1 aliphatic rings. The molecule has 0 bridgehead atoms. The van der Waals surface area contributed by atoms with Gasteiger partial charge in [0, 0.05) is 8.95 Å². The molecule has 168 valence electrons. The van der Waals surface area contributed by atoms with Crippen molar-refractivity contribution in [1.82, 2.24) is 5.32 Å². The van der Waals surface area contributed by atoms with E-state index in [0.29, 0.717) is 33.8 Å². The Morgan fingerprint density at radius 2 is 1.75 bits per heavy atom. The fourth-order valence-electron chi connectivity index (χ4n) is 2.96. The van der Waals surface area contributed by atoms with Crippen LogP contribution in [0.25, 0.3) is 6.08 Å². The summed E-state index contributed by atoms with van der Waals surface area (Å²) in [6.45, 7) is 6.25. The lowest BCUT2D eigenvalue weighted by Crippen LogP contribution is -2.54. The normalized spacial score (nSPS) is 16.2. The van der Waals surface area contributed by atoms with Crippen LogP contribution in [0.5, 0.6) is 11.5 Å². The molecule has 0 saturated carbocycles. The summed E-state index contributed by atoms with van der Waals surface area (Å²) < 4.78 is 13.1. The zero-order valence-electron chi connectivity index (χ0n) is 17.8. The molecule has 2 aromatic rings. The summed E-state index contributed by atoms with van der Waals surface area (Å²) in [5, 5.41) is 2.22. The average molecular weight is 566 g/mol. The first-order valence-corrected chi connectivity index (χ1v) is 11.6. The molecule has 1 saturated heterocycles. The fraction of sp³-hybridized carbons (Fsp3) is 0.261. The minimum Gasteiger partial charge on any atom is -0.490 e. The Labute approximate surface area is 203 Å². The quantitative estimate of drug-likeness (QED) is 0.356. The van der Waals surface area contributed by atoms with E-state index in [1.54, 1.807) is 36.4 Å². The lowest BCUT2D eigenvalue weighted by atomic mass is 10.1. The van der Waals surface area contributed by atoms with Crippen LogP contribution in [-0.2, 0) is 9.59 Å². The molecule has 32 heavy (non-hydrogen) atoms. The van der Waals surface area contributed by atoms with E-state index in [4.69, 9.17) is 9.47 Å². The molecule has 9 heteroatoms. The Balaban J connectivity index is 2.02. The molecule has 1 N–H and O–H groups in total. The molecule has 3 rings (SSSR count). The first-order chi connectivity index (χ1) is 15.2. The highest BCUT2D eigenvalue weighted by molar-refractivity contribution is 9.10. The Morgan fingerprint density at radius 3 is 2.38 bits per heavy atom. The number of carbonyl (C=O) groups excluding carboxylic acids is 3. The van der Waals surface area contributed by atoms with Crippen molar-refractivity contribution < 1.29 is 23.9 Å². The van der Waals surface area contributed by atoms with Gasteiger partial charge in [0.25, 0.3) is 11.8 Å². The monoisotopic (exact) mass is 564 g/mol. The van der Waals surface area contributed by atoms with E-state index in [1.165, 1.54) is 6.08 Å². The van der Waals surface area contributed by atoms with Crippen LogP contribution in [0.2, 0.25) is 0 Å². The van der Waals surface area contributed by atoms with E-state index in [9.17, 15) is 14.4 Å². The van der Waals surface area contributed by atoms with Crippen LogP contribution in [0.1, 0.15) is 32.8 Å². The SMILES string of the molecule is CCOc1cc(/C=C2\C(=O)NC(=O)N(c3ccc(Br)cc3)C2=O)c(Br)cc1O[C@H](C)CC. The molecule has 1 aliphatic heterocycles. The Morgan fingerprint density at radius 1 is 1.06 bits per heavy atom. The molecule has 2 aromatic carbocycles. The standard InChI is InChI=1S/C23H22Br2N2O5/c1-4-13(3)32-20-12-18(25)14(11-19(20)31-5-2)10-17-21(28)26-23(30)27(22(17)29)16-8-6-15(24)7-9-16/h6-13H,4-5H2,1-3H3,(H,26,28,30)/b17-10+/t13-/m1/s1. The third-order valence-electron chi connectivity index (χ3n) is 4.75. The van der Waals surface area contributed by atoms with E-state index >= 15 is 0 Å². The Bertz CT molecular complexity index is 1080. The minimum atomic E-state index is -0.800. The van der Waals surface area contributed by atoms with Crippen molar-refractivity contribution in [1.29, 1.82) is 0 Å². The number of amides is 4. The van der Waals surface area contributed by atoms with Gasteiger partial charge in [-0.2, -0.15) is 0 Å². The largest absolute Gasteiger partial charge is 0.490 e. The van der Waals surface area contributed by atoms with E-state index in [-0.39, 0.29) is 11.7 Å². The van der Waals surface area contributed by atoms with Crippen LogP contribution < -0.4 is 19.7 Å². The third-order valence-corrected chi connectivity index (χ3v) is 5.97. The van der Waals surface area contributed by atoms with E-state index in [1.807, 2.05) is 20.8 Å². The molecule has 1 atom stereocenters. The predicted octanol–water partition coefficient (Wildman–Crippen LogP) is 5.45. The minimum absolute atomic E-state index is 0.0125. The van der Waals surface area contributed by atoms with Crippen LogP contribution in [0.3, 0.4) is 0 Å². The number of benzene rings is 2. The van der Waals surface area contributed by atoms with Crippen molar-refractivity contribution in [3.05, 3.63) is 56.5 Å². The van der Waals surface area contributed by atoms with E-state index in [2.05, 4.69) is 37.2 Å². The molecule has 0 aromatic heterocycles. The number of nitrogens with zero attached hydrogens (tertiary/aromatic N) is 1. The summed E-state index contributed by atoms with van der Waals surface area (Å²) in [7, 11) is 0. The molecule has 0 unspecified atom stereocenters. The molecule has 1 heterocycles. The second kappa shape index (κ2) is 10.3. The van der Waals surface area contributed by atoms with Crippen molar-refractivity contribution in [2.24, 2.45) is 0 Å². The van der Waals surface area contributed by atoms with Gasteiger partial charge in [-0.1, -0.05) is 38.8 Å². The van der Waals surface area contributed by atoms with Crippen LogP contribution in [0.15, 0.2) is 50.9 Å². The summed E-state index contributed by atoms with van der Waals surface area (Å²) >= 11 is 6.80. The second-order valence-corrected chi connectivity index (χ2v) is 8.79. The van der Waals surface area contributed by atoms with Crippen LogP contribution >= 0.6 is 31.9 Å². The molecule has 0 spiro atoms. The highest BCUT2D eigenvalue weighted by Gasteiger charge is 2.37. The van der Waals surface area contributed by atoms with Crippen LogP contribution in [0, 0.1) is 0 Å². The van der Waals surface area contributed by atoms with Crippen LogP contribution in [-0.4, -0.2) is 30.6 Å². The molecule has 0 radical (unpaired) electrons. The molecular weight excluding hydrogens is 544 g/mol. The summed E-state index contributed by atoms with van der Waals surface area (Å²) in [6, 6.07) is 9.27. The van der Waals surface area contributed by atoms with Gasteiger partial charge in [0.2, 0.25) is 0 Å². The molecule has 1 fully saturated rings. The fourth-order valence-corrected chi connectivity index (χ4v) is 3.66. The number of anilines is 1. The van der Waals surface area contributed by atoms with Crippen molar-refractivity contribution in [2.45, 2.75) is 33.3 Å². The van der Waals surface area contributed by atoms with Gasteiger partial charge in [-0.15, -0.1) is 0 Å². The Kier molecular flexibility index (Phi) is 7.73. The first kappa shape index (κ1) is 24.0. The number of imide groups is 2. The van der Waals surface area contributed by atoms with Gasteiger partial charge < -0.3 is 9.47 Å². The van der Waals surface area contributed by atoms with E-state index in [0.717, 1.165) is 15.8 Å². The summed E-state index contributed by atoms with van der Waals surface area (Å²) in [5.41, 5.74) is 0.709. The first-order valence-electron chi connectivity index (χ1n) is 10.0. The maximum atomic E-state index is 13.1. The maximum absolute atomic E-state index is 13.1. The number of urea groups is 1. The Hall–Kier alpha value is -2.65. The number of ether oxygens (including phenoxy) is 2. The van der Waals surface area contributed by atoms with Gasteiger partial charge in [-0.25, -0.2) is 9.69 Å². The summed E-state index contributed by atoms with van der Waals surface area (Å²) in [6.07, 6.45) is 2.24. The number of barbiturate groups is 1. The lowest BCUT2D eigenvalue weighted by Gasteiger charge is -2.26. The van der Waals surface area contributed by atoms with Gasteiger partial charge in [-0.3, -0.25) is 14.9 Å². The number of halogens is 2. The predicted molar refractivity (Wildman–Crippen MR) is 129 cm³/mol. The number of hydrogen-bond donors (Lipinski definition) is 1. The smallest absolute Gasteiger partial charge is 0.335 e. The van der Waals surface area contributed by atoms with Crippen molar-refractivity contribution >= 4 is 61.5 Å². The number of nitrogens with one attached hydrogen (secondary N) is 1. The van der Waals surface area contributed by atoms with Gasteiger partial charge in [0.15, 0.2) is 11.5 Å². The highest BCUT2D eigenvalue weighted by atomic mass is 79.9. The summed E-state index contributed by atoms with van der Waals surface area (Å²) in [4.78, 5) is 38.9. The van der Waals surface area contributed by atoms with Gasteiger partial charge >= 0.3 is 6.03 Å². The van der Waals surface area contributed by atoms with Crippen molar-refractivity contribution in [3.8, 4) is 11.5 Å². The average Bonchev–Trinajstić information content (AvgIpc) is 2.75. The van der Waals surface area contributed by atoms with Crippen molar-refractivity contribution in [3.63, 3.8) is 0 Å². The molecule has 0 aliphatic carbocycles. The lowest BCUT2D eigenvalue weighted by molar-refractivity contribution is -0.122.